The third-order valence-corrected chi connectivity index (χ3v) is 6.88. The fourth-order valence-electron chi connectivity index (χ4n) is 1.72. The lowest BCUT2D eigenvalue weighted by atomic mass is 10.4. The fraction of sp³-hybridized carbons (Fsp3) is 0.667. The SMILES string of the molecule is CCCN(CC)CCNS(=O)(=O)c1cc(C)c(Br)s1. The van der Waals surface area contributed by atoms with Crippen LogP contribution in [-0.2, 0) is 10.0 Å². The average molecular weight is 369 g/mol. The molecule has 0 aliphatic rings. The van der Waals surface area contributed by atoms with Crippen molar-refractivity contribution in [1.29, 1.82) is 0 Å². The van der Waals surface area contributed by atoms with E-state index >= 15 is 0 Å². The van der Waals surface area contributed by atoms with E-state index in [0.717, 1.165) is 35.4 Å². The molecular weight excluding hydrogens is 348 g/mol. The molecule has 7 heteroatoms. The van der Waals surface area contributed by atoms with Crippen LogP contribution >= 0.6 is 27.3 Å². The smallest absolute Gasteiger partial charge is 0.250 e. The van der Waals surface area contributed by atoms with Gasteiger partial charge in [0.05, 0.1) is 3.79 Å². The molecule has 4 nitrogen and oxygen atoms in total. The monoisotopic (exact) mass is 368 g/mol. The van der Waals surface area contributed by atoms with E-state index in [4.69, 9.17) is 0 Å². The summed E-state index contributed by atoms with van der Waals surface area (Å²) >= 11 is 4.60. The van der Waals surface area contributed by atoms with E-state index in [-0.39, 0.29) is 0 Å². The molecule has 0 radical (unpaired) electrons. The first kappa shape index (κ1) is 17.1. The summed E-state index contributed by atoms with van der Waals surface area (Å²) in [5.74, 6) is 0. The second-order valence-electron chi connectivity index (χ2n) is 4.35. The molecule has 0 fully saturated rings. The number of aryl methyl sites for hydroxylation is 1. The van der Waals surface area contributed by atoms with Crippen LogP contribution in [0.4, 0.5) is 0 Å². The van der Waals surface area contributed by atoms with Crippen LogP contribution in [0.25, 0.3) is 0 Å². The molecule has 0 saturated heterocycles. The number of halogens is 1. The van der Waals surface area contributed by atoms with Gasteiger partial charge >= 0.3 is 0 Å². The van der Waals surface area contributed by atoms with Crippen molar-refractivity contribution >= 4 is 37.3 Å². The van der Waals surface area contributed by atoms with Gasteiger partial charge in [-0.3, -0.25) is 0 Å². The van der Waals surface area contributed by atoms with E-state index in [1.165, 1.54) is 11.3 Å². The molecule has 1 aromatic heterocycles. The number of hydrogen-bond donors (Lipinski definition) is 1. The molecule has 1 rings (SSSR count). The van der Waals surface area contributed by atoms with Crippen LogP contribution in [-0.4, -0.2) is 39.5 Å². The number of likely N-dealkylation sites (N-methyl/N-ethyl adjacent to an activating group) is 1. The Morgan fingerprint density at radius 1 is 1.37 bits per heavy atom. The molecule has 1 N–H and O–H groups in total. The van der Waals surface area contributed by atoms with Gasteiger partial charge in [-0.25, -0.2) is 13.1 Å². The summed E-state index contributed by atoms with van der Waals surface area (Å²) in [6.45, 7) is 9.24. The lowest BCUT2D eigenvalue weighted by Gasteiger charge is -2.19. The molecule has 1 heterocycles. The molecule has 0 spiro atoms. The van der Waals surface area contributed by atoms with Gasteiger partial charge in [0, 0.05) is 13.1 Å². The molecule has 0 aliphatic carbocycles. The zero-order valence-electron chi connectivity index (χ0n) is 11.6. The van der Waals surface area contributed by atoms with Crippen molar-refractivity contribution in [2.24, 2.45) is 0 Å². The molecule has 0 aliphatic heterocycles. The molecular formula is C12H21BrN2O2S2. The van der Waals surface area contributed by atoms with E-state index in [9.17, 15) is 8.42 Å². The van der Waals surface area contributed by atoms with Gasteiger partial charge in [0.15, 0.2) is 0 Å². The first-order valence-electron chi connectivity index (χ1n) is 6.38. The minimum absolute atomic E-state index is 0.371. The third-order valence-electron chi connectivity index (χ3n) is 2.81. The standard InChI is InChI=1S/C12H21BrN2O2S2/c1-4-7-15(5-2)8-6-14-19(16,17)11-9-10(3)12(13)18-11/h9,14H,4-8H2,1-3H3. The Balaban J connectivity index is 2.56. The van der Waals surface area contributed by atoms with Crippen molar-refractivity contribution in [3.8, 4) is 0 Å². The maximum atomic E-state index is 12.1. The van der Waals surface area contributed by atoms with E-state index < -0.39 is 10.0 Å². The molecule has 0 bridgehead atoms. The van der Waals surface area contributed by atoms with E-state index in [1.807, 2.05) is 6.92 Å². The largest absolute Gasteiger partial charge is 0.302 e. The van der Waals surface area contributed by atoms with Crippen LogP contribution in [0.2, 0.25) is 0 Å². The van der Waals surface area contributed by atoms with Gasteiger partial charge in [-0.2, -0.15) is 0 Å². The Morgan fingerprint density at radius 3 is 2.53 bits per heavy atom. The summed E-state index contributed by atoms with van der Waals surface area (Å²) in [7, 11) is -3.37. The van der Waals surface area contributed by atoms with Crippen molar-refractivity contribution in [3.05, 3.63) is 15.4 Å². The predicted octanol–water partition coefficient (Wildman–Crippen LogP) is 2.83. The topological polar surface area (TPSA) is 49.4 Å². The van der Waals surface area contributed by atoms with Crippen LogP contribution in [0.3, 0.4) is 0 Å². The Kier molecular flexibility index (Phi) is 6.96. The lowest BCUT2D eigenvalue weighted by Crippen LogP contribution is -2.35. The molecule has 0 aromatic carbocycles. The molecule has 110 valence electrons. The Labute approximate surface area is 128 Å². The summed E-state index contributed by atoms with van der Waals surface area (Å²) in [5, 5.41) is 0. The summed E-state index contributed by atoms with van der Waals surface area (Å²) in [6, 6.07) is 1.70. The van der Waals surface area contributed by atoms with E-state index in [1.54, 1.807) is 6.07 Å². The van der Waals surface area contributed by atoms with Crippen molar-refractivity contribution < 1.29 is 8.42 Å². The molecule has 0 unspecified atom stereocenters. The summed E-state index contributed by atoms with van der Waals surface area (Å²) in [5.41, 5.74) is 0.951. The zero-order chi connectivity index (χ0) is 14.5. The Bertz CT molecular complexity index is 480. The normalized spacial score (nSPS) is 12.3. The van der Waals surface area contributed by atoms with Crippen LogP contribution < -0.4 is 4.72 Å². The minimum atomic E-state index is -3.37. The highest BCUT2D eigenvalue weighted by Gasteiger charge is 2.17. The highest BCUT2D eigenvalue weighted by Crippen LogP contribution is 2.30. The first-order valence-corrected chi connectivity index (χ1v) is 9.48. The van der Waals surface area contributed by atoms with Gasteiger partial charge in [-0.1, -0.05) is 13.8 Å². The van der Waals surface area contributed by atoms with E-state index in [2.05, 4.69) is 39.4 Å². The van der Waals surface area contributed by atoms with Gasteiger partial charge in [-0.15, -0.1) is 11.3 Å². The van der Waals surface area contributed by atoms with Gasteiger partial charge in [0.25, 0.3) is 0 Å². The zero-order valence-corrected chi connectivity index (χ0v) is 14.8. The Morgan fingerprint density at radius 2 is 2.05 bits per heavy atom. The maximum absolute atomic E-state index is 12.1. The number of hydrogen-bond acceptors (Lipinski definition) is 4. The summed E-state index contributed by atoms with van der Waals surface area (Å²) < 4.78 is 28.1. The second kappa shape index (κ2) is 7.73. The third kappa shape index (κ3) is 5.15. The van der Waals surface area contributed by atoms with E-state index in [0.29, 0.717) is 10.8 Å². The molecule has 0 amide bonds. The van der Waals surface area contributed by atoms with Crippen LogP contribution in [0.5, 0.6) is 0 Å². The van der Waals surface area contributed by atoms with Crippen molar-refractivity contribution in [2.75, 3.05) is 26.2 Å². The molecule has 0 saturated carbocycles. The summed E-state index contributed by atoms with van der Waals surface area (Å²) in [4.78, 5) is 2.23. The van der Waals surface area contributed by atoms with Crippen LogP contribution in [0.15, 0.2) is 14.1 Å². The van der Waals surface area contributed by atoms with Gasteiger partial charge in [-0.05, 0) is 54.0 Å². The van der Waals surface area contributed by atoms with Crippen molar-refractivity contribution in [2.45, 2.75) is 31.4 Å². The van der Waals surface area contributed by atoms with Gasteiger partial charge in [0.2, 0.25) is 10.0 Å². The predicted molar refractivity (Wildman–Crippen MR) is 84.3 cm³/mol. The highest BCUT2D eigenvalue weighted by atomic mass is 79.9. The molecule has 19 heavy (non-hydrogen) atoms. The summed E-state index contributed by atoms with van der Waals surface area (Å²) in [6.07, 6.45) is 1.08. The highest BCUT2D eigenvalue weighted by molar-refractivity contribution is 9.11. The molecule has 0 atom stereocenters. The quantitative estimate of drug-likeness (QED) is 0.767. The number of thiophene rings is 1. The number of rotatable bonds is 8. The number of nitrogens with zero attached hydrogens (tertiary/aromatic N) is 1. The maximum Gasteiger partial charge on any atom is 0.250 e. The van der Waals surface area contributed by atoms with Gasteiger partial charge in [0.1, 0.15) is 4.21 Å². The second-order valence-corrected chi connectivity index (χ2v) is 8.72. The lowest BCUT2D eigenvalue weighted by molar-refractivity contribution is 0.293. The fourth-order valence-corrected chi connectivity index (χ4v) is 5.01. The number of nitrogens with one attached hydrogen (secondary N) is 1. The Hall–Kier alpha value is 0.0500. The average Bonchev–Trinajstić information content (AvgIpc) is 2.69. The van der Waals surface area contributed by atoms with Crippen molar-refractivity contribution in [3.63, 3.8) is 0 Å². The van der Waals surface area contributed by atoms with Gasteiger partial charge < -0.3 is 4.90 Å². The van der Waals surface area contributed by atoms with Crippen LogP contribution in [0.1, 0.15) is 25.8 Å². The number of sulfonamides is 1. The van der Waals surface area contributed by atoms with Crippen LogP contribution in [0, 0.1) is 6.92 Å². The molecule has 1 aromatic rings. The first-order chi connectivity index (χ1) is 8.90. The van der Waals surface area contributed by atoms with Crippen molar-refractivity contribution in [1.82, 2.24) is 9.62 Å². The minimum Gasteiger partial charge on any atom is -0.302 e.